The Morgan fingerprint density at radius 3 is 2.73 bits per heavy atom. The van der Waals surface area contributed by atoms with Crippen molar-refractivity contribution in [3.05, 3.63) is 23.8 Å². The third kappa shape index (κ3) is 1.87. The first-order chi connectivity index (χ1) is 10.4. The Labute approximate surface area is 131 Å². The molecular formula is C19H24O3. The summed E-state index contributed by atoms with van der Waals surface area (Å²) < 4.78 is 5.79. The van der Waals surface area contributed by atoms with Crippen LogP contribution in [0.25, 0.3) is 0 Å². The molecule has 0 aromatic carbocycles. The molecule has 0 amide bonds. The molecule has 0 bridgehead atoms. The van der Waals surface area contributed by atoms with Gasteiger partial charge in [0.15, 0.2) is 5.78 Å². The highest BCUT2D eigenvalue weighted by molar-refractivity contribution is 6.01. The Morgan fingerprint density at radius 1 is 1.09 bits per heavy atom. The van der Waals surface area contributed by atoms with Crippen molar-refractivity contribution in [2.24, 2.45) is 23.2 Å². The van der Waals surface area contributed by atoms with Crippen LogP contribution >= 0.6 is 0 Å². The molecular weight excluding hydrogens is 276 g/mol. The number of carbonyl (C=O) groups excluding carboxylic acids is 2. The van der Waals surface area contributed by atoms with E-state index in [0.717, 1.165) is 32.1 Å². The van der Waals surface area contributed by atoms with E-state index < -0.39 is 0 Å². The molecule has 2 saturated carbocycles. The molecule has 5 atom stereocenters. The second kappa shape index (κ2) is 4.56. The van der Waals surface area contributed by atoms with E-state index in [0.29, 0.717) is 24.2 Å². The Bertz CT molecular complexity index is 602. The summed E-state index contributed by atoms with van der Waals surface area (Å²) >= 11 is 0. The van der Waals surface area contributed by atoms with Crippen LogP contribution in [0.1, 0.15) is 52.4 Å². The van der Waals surface area contributed by atoms with Gasteiger partial charge in [0.2, 0.25) is 0 Å². The van der Waals surface area contributed by atoms with Crippen LogP contribution in [0.15, 0.2) is 23.8 Å². The summed E-state index contributed by atoms with van der Waals surface area (Å²) in [4.78, 5) is 23.4. The average Bonchev–Trinajstić information content (AvgIpc) is 2.46. The summed E-state index contributed by atoms with van der Waals surface area (Å²) in [6, 6.07) is 0. The number of hydrogen-bond donors (Lipinski definition) is 0. The summed E-state index contributed by atoms with van der Waals surface area (Å²) in [5, 5.41) is 0. The van der Waals surface area contributed by atoms with Gasteiger partial charge in [-0.2, -0.15) is 0 Å². The topological polar surface area (TPSA) is 43.4 Å². The van der Waals surface area contributed by atoms with Gasteiger partial charge in [-0.05, 0) is 63.0 Å². The molecule has 0 aromatic heterocycles. The van der Waals surface area contributed by atoms with Crippen molar-refractivity contribution in [1.82, 2.24) is 0 Å². The summed E-state index contributed by atoms with van der Waals surface area (Å²) in [7, 11) is 0. The summed E-state index contributed by atoms with van der Waals surface area (Å²) in [5.41, 5.74) is 1.08. The van der Waals surface area contributed by atoms with Gasteiger partial charge < -0.3 is 4.74 Å². The van der Waals surface area contributed by atoms with Crippen molar-refractivity contribution in [3.63, 3.8) is 0 Å². The Kier molecular flexibility index (Phi) is 2.95. The highest BCUT2D eigenvalue weighted by Crippen LogP contribution is 2.60. The van der Waals surface area contributed by atoms with Crippen LogP contribution < -0.4 is 0 Å². The summed E-state index contributed by atoms with van der Waals surface area (Å²) in [6.45, 7) is 4.44. The number of rotatable bonds is 0. The fourth-order valence-electron chi connectivity index (χ4n) is 5.72. The average molecular weight is 300 g/mol. The van der Waals surface area contributed by atoms with E-state index in [1.54, 1.807) is 6.08 Å². The number of fused-ring (bicyclic) bond motifs is 5. The van der Waals surface area contributed by atoms with Crippen LogP contribution in [0.4, 0.5) is 0 Å². The molecule has 3 nitrogen and oxygen atoms in total. The molecule has 0 spiro atoms. The Hall–Kier alpha value is -1.38. The molecule has 0 radical (unpaired) electrons. The molecule has 4 rings (SSSR count). The van der Waals surface area contributed by atoms with E-state index >= 15 is 0 Å². The molecule has 4 aliphatic rings. The van der Waals surface area contributed by atoms with E-state index in [2.05, 4.69) is 19.9 Å². The molecule has 3 fully saturated rings. The molecule has 0 aromatic rings. The smallest absolute Gasteiger partial charge is 0.306 e. The van der Waals surface area contributed by atoms with Crippen molar-refractivity contribution >= 4 is 11.8 Å². The number of allylic oxidation sites excluding steroid dienone is 4. The zero-order valence-electron chi connectivity index (χ0n) is 13.4. The fourth-order valence-corrected chi connectivity index (χ4v) is 5.72. The third-order valence-electron chi connectivity index (χ3n) is 6.90. The lowest BCUT2D eigenvalue weighted by Gasteiger charge is -2.58. The maximum absolute atomic E-state index is 11.7. The van der Waals surface area contributed by atoms with E-state index in [-0.39, 0.29) is 22.8 Å². The van der Waals surface area contributed by atoms with Crippen LogP contribution in [-0.4, -0.2) is 17.4 Å². The lowest BCUT2D eigenvalue weighted by atomic mass is 9.49. The van der Waals surface area contributed by atoms with E-state index in [4.69, 9.17) is 4.74 Å². The number of ketones is 1. The number of carbonyl (C=O) groups is 2. The SMILES string of the molecule is C[C@]12C=CC(=O)C=C1CC[C@H]1C3CCC(=O)O[C@@]3(C)CC[C@@H]12. The monoisotopic (exact) mass is 300 g/mol. The lowest BCUT2D eigenvalue weighted by Crippen LogP contribution is -2.56. The van der Waals surface area contributed by atoms with Gasteiger partial charge in [-0.3, -0.25) is 9.59 Å². The largest absolute Gasteiger partial charge is 0.459 e. The van der Waals surface area contributed by atoms with Gasteiger partial charge >= 0.3 is 5.97 Å². The zero-order valence-corrected chi connectivity index (χ0v) is 13.4. The first-order valence-corrected chi connectivity index (χ1v) is 8.58. The second-order valence-corrected chi connectivity index (χ2v) is 7.97. The van der Waals surface area contributed by atoms with E-state index in [1.807, 2.05) is 6.08 Å². The maximum Gasteiger partial charge on any atom is 0.306 e. The first kappa shape index (κ1) is 14.2. The van der Waals surface area contributed by atoms with Crippen molar-refractivity contribution in [2.75, 3.05) is 0 Å². The normalized spacial score (nSPS) is 47.0. The van der Waals surface area contributed by atoms with Crippen LogP contribution in [0.2, 0.25) is 0 Å². The fraction of sp³-hybridized carbons (Fsp3) is 0.684. The van der Waals surface area contributed by atoms with Gasteiger partial charge in [-0.25, -0.2) is 0 Å². The first-order valence-electron chi connectivity index (χ1n) is 8.58. The molecule has 118 valence electrons. The quantitative estimate of drug-likeness (QED) is 0.642. The highest BCUT2D eigenvalue weighted by Gasteiger charge is 2.56. The van der Waals surface area contributed by atoms with Gasteiger partial charge in [0.25, 0.3) is 0 Å². The Morgan fingerprint density at radius 2 is 1.91 bits per heavy atom. The van der Waals surface area contributed by atoms with Crippen LogP contribution in [0.3, 0.4) is 0 Å². The van der Waals surface area contributed by atoms with Gasteiger partial charge in [0.1, 0.15) is 5.60 Å². The van der Waals surface area contributed by atoms with Crippen molar-refractivity contribution < 1.29 is 14.3 Å². The van der Waals surface area contributed by atoms with Crippen LogP contribution in [0, 0.1) is 23.2 Å². The predicted octanol–water partition coefficient (Wildman–Crippen LogP) is 3.59. The highest BCUT2D eigenvalue weighted by atomic mass is 16.6. The van der Waals surface area contributed by atoms with E-state index in [1.165, 1.54) is 5.57 Å². The number of ether oxygens (including phenoxy) is 1. The number of hydrogen-bond acceptors (Lipinski definition) is 3. The molecule has 3 aliphatic carbocycles. The zero-order chi connectivity index (χ0) is 15.5. The minimum absolute atomic E-state index is 0.0250. The van der Waals surface area contributed by atoms with Crippen molar-refractivity contribution in [2.45, 2.75) is 58.0 Å². The van der Waals surface area contributed by atoms with Gasteiger partial charge in [0.05, 0.1) is 0 Å². The Balaban J connectivity index is 1.68. The van der Waals surface area contributed by atoms with Crippen molar-refractivity contribution in [3.8, 4) is 0 Å². The minimum Gasteiger partial charge on any atom is -0.459 e. The van der Waals surface area contributed by atoms with Crippen molar-refractivity contribution in [1.29, 1.82) is 0 Å². The van der Waals surface area contributed by atoms with Gasteiger partial charge in [-0.15, -0.1) is 0 Å². The molecule has 22 heavy (non-hydrogen) atoms. The van der Waals surface area contributed by atoms with E-state index in [9.17, 15) is 9.59 Å². The molecule has 0 N–H and O–H groups in total. The minimum atomic E-state index is -0.262. The van der Waals surface area contributed by atoms with Gasteiger partial charge in [0, 0.05) is 17.8 Å². The van der Waals surface area contributed by atoms with Gasteiger partial charge in [-0.1, -0.05) is 18.6 Å². The predicted molar refractivity (Wildman–Crippen MR) is 83.0 cm³/mol. The molecule has 3 heteroatoms. The maximum atomic E-state index is 11.7. The second-order valence-electron chi connectivity index (χ2n) is 7.97. The molecule has 1 heterocycles. The van der Waals surface area contributed by atoms with Crippen LogP contribution in [0.5, 0.6) is 0 Å². The third-order valence-corrected chi connectivity index (χ3v) is 6.90. The standard InChI is InChI=1S/C19H24O3/c1-18-9-7-13(20)11-12(18)3-4-14-15(18)8-10-19(2)16(14)5-6-17(21)22-19/h7,9,11,14-16H,3-6,8,10H2,1-2H3/t14-,15+,16?,18+,19+/m1/s1. The summed E-state index contributed by atoms with van der Waals surface area (Å²) in [6.07, 6.45) is 11.5. The number of esters is 1. The van der Waals surface area contributed by atoms with Crippen LogP contribution in [-0.2, 0) is 14.3 Å². The lowest BCUT2D eigenvalue weighted by molar-refractivity contribution is -0.192. The molecule has 1 unspecified atom stereocenters. The molecule has 1 aliphatic heterocycles. The molecule has 1 saturated heterocycles. The summed E-state index contributed by atoms with van der Waals surface area (Å²) in [5.74, 6) is 1.77.